The highest BCUT2D eigenvalue weighted by Crippen LogP contribution is 2.33. The molecular weight excluding hydrogens is 545 g/mol. The standard InChI is InChI=1S/C35H24FN3O4/c1-41-30-14-7-15-32-27(30)19-33(43-32)34-38-29-13-5-4-12-26(29)35(40)39(34)37-20-28-25-11-3-2-9-23(25)16-17-31(28)42-21-22-8-6-10-24(36)18-22/h2-20H,21H2,1H3. The summed E-state index contributed by atoms with van der Waals surface area (Å²) in [5.41, 5.74) is 2.10. The van der Waals surface area contributed by atoms with Crippen LogP contribution in [0.25, 0.3) is 44.2 Å². The molecule has 0 N–H and O–H groups in total. The Balaban J connectivity index is 1.39. The third kappa shape index (κ3) is 4.89. The van der Waals surface area contributed by atoms with E-state index in [1.807, 2.05) is 60.7 Å². The number of furan rings is 1. The molecule has 2 aromatic heterocycles. The predicted octanol–water partition coefficient (Wildman–Crippen LogP) is 7.57. The fourth-order valence-corrected chi connectivity index (χ4v) is 5.15. The van der Waals surface area contributed by atoms with Crippen LogP contribution in [0, 0.1) is 5.82 Å². The van der Waals surface area contributed by atoms with Crippen molar-refractivity contribution < 1.29 is 18.3 Å². The monoisotopic (exact) mass is 569 g/mol. The van der Waals surface area contributed by atoms with Gasteiger partial charge in [-0.25, -0.2) is 9.37 Å². The molecule has 0 aliphatic rings. The maximum Gasteiger partial charge on any atom is 0.282 e. The predicted molar refractivity (Wildman–Crippen MR) is 165 cm³/mol. The zero-order valence-corrected chi connectivity index (χ0v) is 23.0. The summed E-state index contributed by atoms with van der Waals surface area (Å²) in [6, 6.07) is 32.3. The van der Waals surface area contributed by atoms with Crippen molar-refractivity contribution in [1.29, 1.82) is 0 Å². The van der Waals surface area contributed by atoms with E-state index in [2.05, 4.69) is 5.10 Å². The zero-order chi connectivity index (χ0) is 29.3. The highest BCUT2D eigenvalue weighted by atomic mass is 19.1. The first-order chi connectivity index (χ1) is 21.1. The minimum absolute atomic E-state index is 0.153. The quantitative estimate of drug-likeness (QED) is 0.185. The third-order valence-electron chi connectivity index (χ3n) is 7.23. The molecule has 0 aliphatic carbocycles. The fourth-order valence-electron chi connectivity index (χ4n) is 5.15. The molecule has 7 aromatic rings. The van der Waals surface area contributed by atoms with Crippen LogP contribution < -0.4 is 15.0 Å². The summed E-state index contributed by atoms with van der Waals surface area (Å²) >= 11 is 0. The molecular formula is C35H24FN3O4. The van der Waals surface area contributed by atoms with Gasteiger partial charge in [0.25, 0.3) is 5.56 Å². The summed E-state index contributed by atoms with van der Waals surface area (Å²) in [6.07, 6.45) is 1.59. The van der Waals surface area contributed by atoms with Crippen LogP contribution in [0.4, 0.5) is 4.39 Å². The Morgan fingerprint density at radius 3 is 2.53 bits per heavy atom. The van der Waals surface area contributed by atoms with Crippen molar-refractivity contribution in [2.45, 2.75) is 6.61 Å². The van der Waals surface area contributed by atoms with Gasteiger partial charge in [0.15, 0.2) is 5.76 Å². The lowest BCUT2D eigenvalue weighted by Gasteiger charge is -2.12. The Labute approximate surface area is 245 Å². The first kappa shape index (κ1) is 26.2. The van der Waals surface area contributed by atoms with Gasteiger partial charge >= 0.3 is 0 Å². The van der Waals surface area contributed by atoms with Crippen LogP contribution >= 0.6 is 0 Å². The van der Waals surface area contributed by atoms with Crippen molar-refractivity contribution in [2.75, 3.05) is 7.11 Å². The smallest absolute Gasteiger partial charge is 0.282 e. The second-order valence-electron chi connectivity index (χ2n) is 9.91. The van der Waals surface area contributed by atoms with Gasteiger partial charge in [-0.2, -0.15) is 9.78 Å². The average Bonchev–Trinajstić information content (AvgIpc) is 3.48. The van der Waals surface area contributed by atoms with Gasteiger partial charge in [0, 0.05) is 5.56 Å². The summed E-state index contributed by atoms with van der Waals surface area (Å²) < 4.78 is 32.9. The van der Waals surface area contributed by atoms with Crippen LogP contribution in [-0.2, 0) is 6.61 Å². The molecule has 0 saturated carbocycles. The topological polar surface area (TPSA) is 78.9 Å². The van der Waals surface area contributed by atoms with Crippen molar-refractivity contribution in [2.24, 2.45) is 5.10 Å². The Kier molecular flexibility index (Phi) is 6.63. The molecule has 0 saturated heterocycles. The van der Waals surface area contributed by atoms with E-state index in [4.69, 9.17) is 18.9 Å². The maximum absolute atomic E-state index is 13.8. The molecule has 2 heterocycles. The van der Waals surface area contributed by atoms with Crippen molar-refractivity contribution >= 4 is 38.9 Å². The Morgan fingerprint density at radius 2 is 1.67 bits per heavy atom. The van der Waals surface area contributed by atoms with Crippen molar-refractivity contribution in [3.63, 3.8) is 0 Å². The van der Waals surface area contributed by atoms with E-state index in [-0.39, 0.29) is 23.8 Å². The second kappa shape index (κ2) is 10.9. The van der Waals surface area contributed by atoms with Gasteiger partial charge in [0.1, 0.15) is 29.5 Å². The highest BCUT2D eigenvalue weighted by Gasteiger charge is 2.18. The van der Waals surface area contributed by atoms with Crippen LogP contribution in [0.1, 0.15) is 11.1 Å². The number of nitrogens with zero attached hydrogens (tertiary/aromatic N) is 3. The van der Waals surface area contributed by atoms with E-state index in [0.29, 0.717) is 44.9 Å². The Hall–Kier alpha value is -5.76. The van der Waals surface area contributed by atoms with Gasteiger partial charge in [0.2, 0.25) is 5.82 Å². The van der Waals surface area contributed by atoms with Crippen LogP contribution in [-0.4, -0.2) is 23.0 Å². The van der Waals surface area contributed by atoms with Gasteiger partial charge in [0.05, 0.1) is 29.6 Å². The summed E-state index contributed by atoms with van der Waals surface area (Å²) in [7, 11) is 1.59. The van der Waals surface area contributed by atoms with E-state index in [1.54, 1.807) is 49.7 Å². The summed E-state index contributed by atoms with van der Waals surface area (Å²) in [4.78, 5) is 18.6. The fraction of sp³-hybridized carbons (Fsp3) is 0.0571. The van der Waals surface area contributed by atoms with Crippen LogP contribution in [0.3, 0.4) is 0 Å². The van der Waals surface area contributed by atoms with E-state index in [1.165, 1.54) is 16.8 Å². The first-order valence-electron chi connectivity index (χ1n) is 13.6. The number of halogens is 1. The van der Waals surface area contributed by atoms with Crippen molar-refractivity contribution in [3.8, 4) is 23.1 Å². The third-order valence-corrected chi connectivity index (χ3v) is 7.23. The molecule has 8 heteroatoms. The molecule has 7 nitrogen and oxygen atoms in total. The molecule has 210 valence electrons. The molecule has 0 bridgehead atoms. The number of rotatable bonds is 7. The molecule has 5 aromatic carbocycles. The Morgan fingerprint density at radius 1 is 0.860 bits per heavy atom. The second-order valence-corrected chi connectivity index (χ2v) is 9.91. The van der Waals surface area contributed by atoms with Gasteiger partial charge in [-0.15, -0.1) is 0 Å². The van der Waals surface area contributed by atoms with Gasteiger partial charge in [-0.1, -0.05) is 60.7 Å². The molecule has 0 fully saturated rings. The van der Waals surface area contributed by atoms with Gasteiger partial charge < -0.3 is 13.9 Å². The van der Waals surface area contributed by atoms with E-state index in [0.717, 1.165) is 16.2 Å². The number of ether oxygens (including phenoxy) is 2. The largest absolute Gasteiger partial charge is 0.496 e. The zero-order valence-electron chi connectivity index (χ0n) is 23.0. The lowest BCUT2D eigenvalue weighted by atomic mass is 10.0. The minimum Gasteiger partial charge on any atom is -0.496 e. The molecule has 0 unspecified atom stereocenters. The number of fused-ring (bicyclic) bond motifs is 3. The summed E-state index contributed by atoms with van der Waals surface area (Å²) in [5, 5.41) is 7.69. The Bertz CT molecular complexity index is 2240. The van der Waals surface area contributed by atoms with Crippen LogP contribution in [0.15, 0.2) is 124 Å². The number of aromatic nitrogens is 2. The number of hydrogen-bond donors (Lipinski definition) is 0. The number of hydrogen-bond acceptors (Lipinski definition) is 6. The lowest BCUT2D eigenvalue weighted by molar-refractivity contribution is 0.305. The van der Waals surface area contributed by atoms with Crippen LogP contribution in [0.5, 0.6) is 11.5 Å². The highest BCUT2D eigenvalue weighted by molar-refractivity contribution is 6.02. The molecule has 0 spiro atoms. The van der Waals surface area contributed by atoms with E-state index < -0.39 is 0 Å². The average molecular weight is 570 g/mol. The van der Waals surface area contributed by atoms with Crippen LogP contribution in [0.2, 0.25) is 0 Å². The minimum atomic E-state index is -0.355. The van der Waals surface area contributed by atoms with Gasteiger partial charge in [-0.3, -0.25) is 4.79 Å². The molecule has 7 rings (SSSR count). The SMILES string of the molecule is COc1cccc2oc(-c3nc4ccccc4c(=O)n3N=Cc3c(OCc4cccc(F)c4)ccc4ccccc34)cc12. The molecule has 0 aliphatic heterocycles. The first-order valence-corrected chi connectivity index (χ1v) is 13.6. The normalized spacial score (nSPS) is 11.6. The number of methoxy groups -OCH3 is 1. The summed E-state index contributed by atoms with van der Waals surface area (Å²) in [6.45, 7) is 0.153. The number of para-hydroxylation sites is 1. The maximum atomic E-state index is 13.8. The molecule has 0 amide bonds. The van der Waals surface area contributed by atoms with Crippen molar-refractivity contribution in [1.82, 2.24) is 9.66 Å². The number of benzene rings is 5. The molecule has 0 radical (unpaired) electrons. The van der Waals surface area contributed by atoms with Gasteiger partial charge in [-0.05, 0) is 64.9 Å². The summed E-state index contributed by atoms with van der Waals surface area (Å²) in [5.74, 6) is 1.44. The van der Waals surface area contributed by atoms with E-state index in [9.17, 15) is 9.18 Å². The van der Waals surface area contributed by atoms with E-state index >= 15 is 0 Å². The lowest BCUT2D eigenvalue weighted by Crippen LogP contribution is -2.20. The molecule has 0 atom stereocenters. The molecule has 43 heavy (non-hydrogen) atoms. The van der Waals surface area contributed by atoms with Crippen molar-refractivity contribution in [3.05, 3.63) is 136 Å².